The minimum Gasteiger partial charge on any atom is -0.268 e. The van der Waals surface area contributed by atoms with Gasteiger partial charge in [-0.05, 0) is 55.0 Å². The maximum Gasteiger partial charge on any atom is 0.272 e. The van der Waals surface area contributed by atoms with E-state index in [9.17, 15) is 14.0 Å². The highest BCUT2D eigenvalue weighted by molar-refractivity contribution is 8.04. The molecule has 0 atom stereocenters. The third kappa shape index (κ3) is 3.12. The molecule has 1 aliphatic rings. The topological polar surface area (TPSA) is 37.4 Å². The van der Waals surface area contributed by atoms with Crippen molar-refractivity contribution in [1.29, 1.82) is 0 Å². The van der Waals surface area contributed by atoms with E-state index in [1.165, 1.54) is 36.0 Å². The lowest BCUT2D eigenvalue weighted by Gasteiger charge is -2.15. The summed E-state index contributed by atoms with van der Waals surface area (Å²) < 4.78 is 13.2. The molecule has 0 bridgehead atoms. The van der Waals surface area contributed by atoms with E-state index in [0.29, 0.717) is 21.9 Å². The van der Waals surface area contributed by atoms with Gasteiger partial charge in [-0.3, -0.25) is 9.59 Å². The van der Waals surface area contributed by atoms with Crippen LogP contribution in [0.4, 0.5) is 10.1 Å². The second-order valence-electron chi connectivity index (χ2n) is 5.88. The lowest BCUT2D eigenvalue weighted by molar-refractivity contribution is -0.119. The molecule has 0 radical (unpaired) electrons. The average Bonchev–Trinajstić information content (AvgIpc) is 2.80. The van der Waals surface area contributed by atoms with Crippen LogP contribution in [0.15, 0.2) is 47.4 Å². The summed E-state index contributed by atoms with van der Waals surface area (Å²) in [5.74, 6) is -0.438. The van der Waals surface area contributed by atoms with E-state index >= 15 is 0 Å². The predicted octanol–water partition coefficient (Wildman–Crippen LogP) is 4.48. The molecule has 0 N–H and O–H groups in total. The fourth-order valence-corrected chi connectivity index (χ4v) is 3.79. The van der Waals surface area contributed by atoms with Crippen molar-refractivity contribution in [3.8, 4) is 0 Å². The maximum atomic E-state index is 13.2. The number of thioether (sulfide) groups is 1. The summed E-state index contributed by atoms with van der Waals surface area (Å²) in [6.45, 7) is 5.86. The first-order valence-electron chi connectivity index (χ1n) is 8.03. The Labute approximate surface area is 150 Å². The van der Waals surface area contributed by atoms with Crippen LogP contribution in [0.5, 0.6) is 0 Å². The Morgan fingerprint density at radius 3 is 2.28 bits per heavy atom. The number of hydrogen-bond donors (Lipinski definition) is 0. The number of amides is 2. The van der Waals surface area contributed by atoms with E-state index in [1.54, 1.807) is 0 Å². The Morgan fingerprint density at radius 2 is 1.68 bits per heavy atom. The lowest BCUT2D eigenvalue weighted by atomic mass is 9.99. The van der Waals surface area contributed by atoms with Crippen molar-refractivity contribution in [2.24, 2.45) is 0 Å². The van der Waals surface area contributed by atoms with E-state index < -0.39 is 5.82 Å². The number of carbonyl (C=O) groups excluding carboxylic acids is 2. The Morgan fingerprint density at radius 1 is 1.00 bits per heavy atom. The molecule has 3 nitrogen and oxygen atoms in total. The van der Waals surface area contributed by atoms with E-state index in [4.69, 9.17) is 0 Å². The number of anilines is 1. The standard InChI is InChI=1S/C20H18FNO2S/c1-4-25-18-17(16-10-5-12(2)11-13(16)3)19(23)22(20(18)24)15-8-6-14(21)7-9-15/h5-11H,4H2,1-3H3. The van der Waals surface area contributed by atoms with Crippen LogP contribution in [0, 0.1) is 19.7 Å². The quantitative estimate of drug-likeness (QED) is 0.759. The van der Waals surface area contributed by atoms with Gasteiger partial charge in [-0.15, -0.1) is 11.8 Å². The van der Waals surface area contributed by atoms with Crippen LogP contribution in [0.3, 0.4) is 0 Å². The van der Waals surface area contributed by atoms with Crippen LogP contribution in [0.1, 0.15) is 23.6 Å². The van der Waals surface area contributed by atoms with Crippen molar-refractivity contribution < 1.29 is 14.0 Å². The van der Waals surface area contributed by atoms with Gasteiger partial charge in [0.2, 0.25) is 0 Å². The highest BCUT2D eigenvalue weighted by Gasteiger charge is 2.40. The van der Waals surface area contributed by atoms with Gasteiger partial charge in [0, 0.05) is 0 Å². The molecule has 0 unspecified atom stereocenters. The van der Waals surface area contributed by atoms with Crippen LogP contribution in [-0.4, -0.2) is 17.6 Å². The predicted molar refractivity (Wildman–Crippen MR) is 99.9 cm³/mol. The molecule has 0 saturated carbocycles. The molecule has 0 aromatic heterocycles. The third-order valence-corrected chi connectivity index (χ3v) is 5.02. The van der Waals surface area contributed by atoms with Crippen LogP contribution >= 0.6 is 11.8 Å². The zero-order valence-corrected chi connectivity index (χ0v) is 15.1. The van der Waals surface area contributed by atoms with Crippen LogP contribution in [0.2, 0.25) is 0 Å². The van der Waals surface area contributed by atoms with E-state index in [1.807, 2.05) is 39.0 Å². The molecule has 1 heterocycles. The van der Waals surface area contributed by atoms with Crippen molar-refractivity contribution in [3.05, 3.63) is 69.9 Å². The van der Waals surface area contributed by atoms with Gasteiger partial charge in [0.05, 0.1) is 16.2 Å². The number of hydrogen-bond acceptors (Lipinski definition) is 3. The second kappa shape index (κ2) is 6.84. The summed E-state index contributed by atoms with van der Waals surface area (Å²) in [7, 11) is 0. The zero-order valence-electron chi connectivity index (χ0n) is 14.3. The molecule has 0 saturated heterocycles. The molecular formula is C20H18FNO2S. The maximum absolute atomic E-state index is 13.2. The Kier molecular flexibility index (Phi) is 4.77. The van der Waals surface area contributed by atoms with E-state index in [0.717, 1.165) is 21.6 Å². The molecule has 5 heteroatoms. The van der Waals surface area contributed by atoms with Crippen LogP contribution < -0.4 is 4.90 Å². The zero-order chi connectivity index (χ0) is 18.1. The number of aryl methyl sites for hydroxylation is 2. The molecule has 2 aromatic rings. The van der Waals surface area contributed by atoms with Gasteiger partial charge in [-0.1, -0.05) is 30.7 Å². The summed E-state index contributed by atoms with van der Waals surface area (Å²) in [5, 5.41) is 0. The fourth-order valence-electron chi connectivity index (χ4n) is 2.94. The normalized spacial score (nSPS) is 14.6. The summed E-state index contributed by atoms with van der Waals surface area (Å²) >= 11 is 1.36. The molecule has 25 heavy (non-hydrogen) atoms. The van der Waals surface area contributed by atoms with Crippen LogP contribution in [0.25, 0.3) is 5.57 Å². The Hall–Kier alpha value is -2.40. The molecule has 1 aliphatic heterocycles. The van der Waals surface area contributed by atoms with Crippen molar-refractivity contribution in [1.82, 2.24) is 0 Å². The van der Waals surface area contributed by atoms with E-state index in [2.05, 4.69) is 0 Å². The average molecular weight is 355 g/mol. The van der Waals surface area contributed by atoms with E-state index in [-0.39, 0.29) is 11.8 Å². The molecule has 2 aromatic carbocycles. The van der Waals surface area contributed by atoms with Crippen molar-refractivity contribution >= 4 is 34.8 Å². The number of benzene rings is 2. The minimum atomic E-state index is -0.409. The molecule has 2 amide bonds. The minimum absolute atomic E-state index is 0.349. The fraction of sp³-hybridized carbons (Fsp3) is 0.200. The molecular weight excluding hydrogens is 337 g/mol. The summed E-state index contributed by atoms with van der Waals surface area (Å²) in [6.07, 6.45) is 0. The van der Waals surface area contributed by atoms with Gasteiger partial charge in [-0.2, -0.15) is 0 Å². The van der Waals surface area contributed by atoms with Gasteiger partial charge in [0.15, 0.2) is 0 Å². The summed E-state index contributed by atoms with van der Waals surface area (Å²) in [5.41, 5.74) is 3.62. The first-order valence-corrected chi connectivity index (χ1v) is 9.01. The smallest absolute Gasteiger partial charge is 0.268 e. The van der Waals surface area contributed by atoms with Crippen LogP contribution in [-0.2, 0) is 9.59 Å². The van der Waals surface area contributed by atoms with Gasteiger partial charge >= 0.3 is 0 Å². The first-order chi connectivity index (χ1) is 11.9. The second-order valence-corrected chi connectivity index (χ2v) is 7.15. The molecule has 3 rings (SSSR count). The van der Waals surface area contributed by atoms with Gasteiger partial charge < -0.3 is 0 Å². The Bertz CT molecular complexity index is 887. The first kappa shape index (κ1) is 17.4. The highest BCUT2D eigenvalue weighted by atomic mass is 32.2. The van der Waals surface area contributed by atoms with Crippen molar-refractivity contribution in [3.63, 3.8) is 0 Å². The van der Waals surface area contributed by atoms with Gasteiger partial charge in [0.1, 0.15) is 5.82 Å². The summed E-state index contributed by atoms with van der Waals surface area (Å²) in [6, 6.07) is 11.2. The molecule has 128 valence electrons. The van der Waals surface area contributed by atoms with Crippen molar-refractivity contribution in [2.45, 2.75) is 20.8 Å². The monoisotopic (exact) mass is 355 g/mol. The molecule has 0 fully saturated rings. The number of rotatable bonds is 4. The largest absolute Gasteiger partial charge is 0.272 e. The highest BCUT2D eigenvalue weighted by Crippen LogP contribution is 2.39. The number of imide groups is 1. The SMILES string of the molecule is CCSC1=C(c2ccc(C)cc2C)C(=O)N(c2ccc(F)cc2)C1=O. The lowest BCUT2D eigenvalue weighted by Crippen LogP contribution is -2.31. The summed E-state index contributed by atoms with van der Waals surface area (Å²) in [4.78, 5) is 27.5. The third-order valence-electron chi connectivity index (χ3n) is 4.07. The van der Waals surface area contributed by atoms with Gasteiger partial charge in [0.25, 0.3) is 11.8 Å². The molecule has 0 aliphatic carbocycles. The Balaban J connectivity index is 2.12. The van der Waals surface area contributed by atoms with Gasteiger partial charge in [-0.25, -0.2) is 9.29 Å². The number of nitrogens with zero attached hydrogens (tertiary/aromatic N) is 1. The molecule has 0 spiro atoms. The number of carbonyl (C=O) groups is 2. The number of halogens is 1. The van der Waals surface area contributed by atoms with Crippen molar-refractivity contribution in [2.75, 3.05) is 10.7 Å².